The molecule has 1 unspecified atom stereocenters. The zero-order valence-electron chi connectivity index (χ0n) is 14.3. The minimum absolute atomic E-state index is 0.364. The zero-order valence-corrected chi connectivity index (χ0v) is 15.9. The van der Waals surface area contributed by atoms with E-state index in [1.807, 2.05) is 6.07 Å². The Kier molecular flexibility index (Phi) is 4.16. The number of aromatic nitrogens is 1. The summed E-state index contributed by atoms with van der Waals surface area (Å²) in [5, 5.41) is 6.14. The van der Waals surface area contributed by atoms with Gasteiger partial charge in [-0.3, -0.25) is 14.9 Å². The molecule has 2 N–H and O–H groups in total. The van der Waals surface area contributed by atoms with E-state index in [-0.39, 0.29) is 0 Å². The molecule has 1 aliphatic rings. The molecular formula is C18H14ClN3O4S. The number of benzene rings is 2. The zero-order chi connectivity index (χ0) is 19.2. The van der Waals surface area contributed by atoms with Crippen LogP contribution in [0.3, 0.4) is 0 Å². The van der Waals surface area contributed by atoms with E-state index in [0.29, 0.717) is 27.3 Å². The number of carbonyl (C=O) groups is 2. The van der Waals surface area contributed by atoms with Crippen molar-refractivity contribution in [2.45, 2.75) is 12.5 Å². The fraction of sp³-hybridized carbons (Fsp3) is 0.167. The van der Waals surface area contributed by atoms with Gasteiger partial charge in [0, 0.05) is 5.02 Å². The third kappa shape index (κ3) is 3.07. The lowest BCUT2D eigenvalue weighted by Crippen LogP contribution is -2.56. The second kappa shape index (κ2) is 6.40. The predicted octanol–water partition coefficient (Wildman–Crippen LogP) is 3.69. The highest BCUT2D eigenvalue weighted by atomic mass is 35.5. The van der Waals surface area contributed by atoms with E-state index in [4.69, 9.17) is 21.1 Å². The van der Waals surface area contributed by atoms with Crippen LogP contribution < -0.4 is 20.1 Å². The first-order chi connectivity index (χ1) is 12.9. The third-order valence-corrected chi connectivity index (χ3v) is 5.36. The molecule has 0 fully saturated rings. The normalized spacial score (nSPS) is 18.4. The maximum absolute atomic E-state index is 12.8. The Morgan fingerprint density at radius 1 is 1.33 bits per heavy atom. The molecule has 27 heavy (non-hydrogen) atoms. The van der Waals surface area contributed by atoms with Gasteiger partial charge in [-0.25, -0.2) is 4.98 Å². The highest BCUT2D eigenvalue weighted by Crippen LogP contribution is 2.36. The smallest absolute Gasteiger partial charge is 0.280 e. The number of thiazole rings is 1. The van der Waals surface area contributed by atoms with E-state index in [9.17, 15) is 9.59 Å². The molecule has 2 heterocycles. The molecule has 0 radical (unpaired) electrons. The number of fused-ring (bicyclic) bond motifs is 2. The first-order valence-corrected chi connectivity index (χ1v) is 9.14. The molecule has 3 aromatic rings. The number of halogens is 1. The molecule has 4 rings (SSSR count). The van der Waals surface area contributed by atoms with Crippen molar-refractivity contribution >= 4 is 55.8 Å². The molecule has 2 aromatic carbocycles. The van der Waals surface area contributed by atoms with E-state index in [2.05, 4.69) is 15.6 Å². The van der Waals surface area contributed by atoms with Gasteiger partial charge < -0.3 is 14.8 Å². The summed E-state index contributed by atoms with van der Waals surface area (Å²) < 4.78 is 11.7. The molecule has 9 heteroatoms. The first kappa shape index (κ1) is 17.6. The highest BCUT2D eigenvalue weighted by molar-refractivity contribution is 7.22. The molecule has 1 atom stereocenters. The monoisotopic (exact) mass is 403 g/mol. The summed E-state index contributed by atoms with van der Waals surface area (Å²) in [7, 11) is 1.58. The molecule has 7 nitrogen and oxygen atoms in total. The van der Waals surface area contributed by atoms with Crippen molar-refractivity contribution in [2.75, 3.05) is 17.7 Å². The summed E-state index contributed by atoms with van der Waals surface area (Å²) in [6.45, 7) is 1.41. The van der Waals surface area contributed by atoms with Crippen molar-refractivity contribution in [3.8, 4) is 11.5 Å². The van der Waals surface area contributed by atoms with Crippen LogP contribution >= 0.6 is 22.9 Å². The number of hydrogen-bond acceptors (Lipinski definition) is 6. The highest BCUT2D eigenvalue weighted by Gasteiger charge is 2.47. The van der Waals surface area contributed by atoms with Crippen LogP contribution in [0.2, 0.25) is 5.02 Å². The van der Waals surface area contributed by atoms with Crippen molar-refractivity contribution < 1.29 is 19.1 Å². The molecule has 2 amide bonds. The standard InChI is InChI=1S/C18H14ClN3O4S/c1-18(15(23)20-12-7-9(19)3-6-13(12)26-18)16(24)22-17-21-11-5-4-10(25-2)8-14(11)27-17/h3-8H,1-2H3,(H,20,23)(H,21,22,24). The van der Waals surface area contributed by atoms with Crippen molar-refractivity contribution in [3.05, 3.63) is 41.4 Å². The van der Waals surface area contributed by atoms with Crippen molar-refractivity contribution in [1.82, 2.24) is 4.98 Å². The number of amides is 2. The lowest BCUT2D eigenvalue weighted by Gasteiger charge is -2.33. The predicted molar refractivity (Wildman–Crippen MR) is 104 cm³/mol. The summed E-state index contributed by atoms with van der Waals surface area (Å²) in [6, 6.07) is 10.2. The van der Waals surface area contributed by atoms with Gasteiger partial charge in [0.05, 0.1) is 23.0 Å². The summed E-state index contributed by atoms with van der Waals surface area (Å²) in [6.07, 6.45) is 0. The molecule has 0 saturated heterocycles. The molecular weight excluding hydrogens is 390 g/mol. The number of nitrogens with one attached hydrogen (secondary N) is 2. The number of hydrogen-bond donors (Lipinski definition) is 2. The van der Waals surface area contributed by atoms with Crippen LogP contribution in [0.4, 0.5) is 10.8 Å². The van der Waals surface area contributed by atoms with Gasteiger partial charge in [0.25, 0.3) is 17.4 Å². The summed E-state index contributed by atoms with van der Waals surface area (Å²) in [4.78, 5) is 29.7. The largest absolute Gasteiger partial charge is 0.497 e. The van der Waals surface area contributed by atoms with Gasteiger partial charge >= 0.3 is 0 Å². The molecule has 0 bridgehead atoms. The van der Waals surface area contributed by atoms with Gasteiger partial charge in [-0.2, -0.15) is 0 Å². The van der Waals surface area contributed by atoms with E-state index in [1.54, 1.807) is 37.4 Å². The van der Waals surface area contributed by atoms with Gasteiger partial charge in [-0.05, 0) is 43.3 Å². The second-order valence-corrected chi connectivity index (χ2v) is 7.50. The van der Waals surface area contributed by atoms with E-state index in [0.717, 1.165) is 10.2 Å². The average molecular weight is 404 g/mol. The second-order valence-electron chi connectivity index (χ2n) is 6.04. The lowest BCUT2D eigenvalue weighted by molar-refractivity contribution is -0.143. The quantitative estimate of drug-likeness (QED) is 0.651. The van der Waals surface area contributed by atoms with Crippen molar-refractivity contribution in [2.24, 2.45) is 0 Å². The van der Waals surface area contributed by atoms with Crippen LogP contribution in [0.5, 0.6) is 11.5 Å². The minimum Gasteiger partial charge on any atom is -0.497 e. The van der Waals surface area contributed by atoms with Crippen LogP contribution in [-0.2, 0) is 9.59 Å². The molecule has 1 aliphatic heterocycles. The Labute approximate surface area is 163 Å². The van der Waals surface area contributed by atoms with Gasteiger partial charge in [-0.1, -0.05) is 22.9 Å². The number of anilines is 2. The summed E-state index contributed by atoms with van der Waals surface area (Å²) in [5.41, 5.74) is -0.601. The summed E-state index contributed by atoms with van der Waals surface area (Å²) in [5.74, 6) is -0.142. The number of methoxy groups -OCH3 is 1. The van der Waals surface area contributed by atoms with Crippen LogP contribution in [0.1, 0.15) is 6.92 Å². The Morgan fingerprint density at radius 2 is 2.15 bits per heavy atom. The van der Waals surface area contributed by atoms with Gasteiger partial charge in [0.2, 0.25) is 0 Å². The van der Waals surface area contributed by atoms with Crippen LogP contribution in [0.15, 0.2) is 36.4 Å². The fourth-order valence-electron chi connectivity index (χ4n) is 2.65. The van der Waals surface area contributed by atoms with Gasteiger partial charge in [-0.15, -0.1) is 0 Å². The molecule has 0 saturated carbocycles. The van der Waals surface area contributed by atoms with Crippen LogP contribution in [0.25, 0.3) is 10.2 Å². The van der Waals surface area contributed by atoms with E-state index < -0.39 is 17.4 Å². The van der Waals surface area contributed by atoms with E-state index >= 15 is 0 Å². The Hall–Kier alpha value is -2.84. The Balaban J connectivity index is 1.60. The van der Waals surface area contributed by atoms with Crippen LogP contribution in [0, 0.1) is 0 Å². The topological polar surface area (TPSA) is 89.6 Å². The molecule has 138 valence electrons. The van der Waals surface area contributed by atoms with Gasteiger partial charge in [0.15, 0.2) is 5.13 Å². The van der Waals surface area contributed by atoms with Gasteiger partial charge in [0.1, 0.15) is 11.5 Å². The molecule has 0 aliphatic carbocycles. The average Bonchev–Trinajstić information content (AvgIpc) is 3.04. The van der Waals surface area contributed by atoms with Crippen molar-refractivity contribution in [1.29, 1.82) is 0 Å². The molecule has 1 aromatic heterocycles. The summed E-state index contributed by atoms with van der Waals surface area (Å²) >= 11 is 7.20. The third-order valence-electron chi connectivity index (χ3n) is 4.19. The van der Waals surface area contributed by atoms with Crippen LogP contribution in [-0.4, -0.2) is 29.5 Å². The maximum Gasteiger partial charge on any atom is 0.280 e. The van der Waals surface area contributed by atoms with Crippen molar-refractivity contribution in [3.63, 3.8) is 0 Å². The maximum atomic E-state index is 12.8. The minimum atomic E-state index is -1.74. The fourth-order valence-corrected chi connectivity index (χ4v) is 3.71. The lowest BCUT2D eigenvalue weighted by atomic mass is 10.0. The number of rotatable bonds is 3. The SMILES string of the molecule is COc1ccc2nc(NC(=O)C3(C)Oc4ccc(Cl)cc4NC3=O)sc2c1. The Bertz CT molecular complexity index is 1080. The van der Waals surface area contributed by atoms with E-state index in [1.165, 1.54) is 18.3 Å². The number of ether oxygens (including phenoxy) is 2. The number of carbonyl (C=O) groups excluding carboxylic acids is 2. The first-order valence-electron chi connectivity index (χ1n) is 7.95. The molecule has 0 spiro atoms. The Morgan fingerprint density at radius 3 is 2.93 bits per heavy atom. The number of nitrogens with zero attached hydrogens (tertiary/aromatic N) is 1.